The Morgan fingerprint density at radius 1 is 1.33 bits per heavy atom. The first kappa shape index (κ1) is 15.0. The molecule has 0 bridgehead atoms. The zero-order chi connectivity index (χ0) is 15.5. The van der Waals surface area contributed by atoms with Gasteiger partial charge in [0.2, 0.25) is 0 Å². The molecule has 1 atom stereocenters. The van der Waals surface area contributed by atoms with Gasteiger partial charge in [0.05, 0.1) is 19.4 Å². The second kappa shape index (κ2) is 5.95. The van der Waals surface area contributed by atoms with E-state index in [-0.39, 0.29) is 18.7 Å². The van der Waals surface area contributed by atoms with Crippen LogP contribution >= 0.6 is 0 Å². The van der Waals surface area contributed by atoms with E-state index < -0.39 is 17.5 Å². The molecule has 0 saturated heterocycles. The monoisotopic (exact) mass is 290 g/mol. The van der Waals surface area contributed by atoms with E-state index in [1.165, 1.54) is 12.1 Å². The number of esters is 2. The number of benzene rings is 1. The highest BCUT2D eigenvalue weighted by Crippen LogP contribution is 2.34. The van der Waals surface area contributed by atoms with E-state index in [2.05, 4.69) is 5.10 Å². The number of hydrazone groups is 1. The number of hydrogen-bond acceptors (Lipinski definition) is 6. The van der Waals surface area contributed by atoms with E-state index >= 15 is 0 Å². The molecular formula is C15H18N2O4. The summed E-state index contributed by atoms with van der Waals surface area (Å²) in [7, 11) is 1.32. The maximum absolute atomic E-state index is 12.2. The second-order valence-corrected chi connectivity index (χ2v) is 4.86. The molecule has 0 unspecified atom stereocenters. The zero-order valence-corrected chi connectivity index (χ0v) is 12.3. The maximum atomic E-state index is 12.2. The first-order valence-corrected chi connectivity index (χ1v) is 6.71. The van der Waals surface area contributed by atoms with Gasteiger partial charge in [-0.15, -0.1) is 0 Å². The van der Waals surface area contributed by atoms with Crippen LogP contribution < -0.4 is 5.01 Å². The SMILES string of the molecule is CCOC(=O)C1=NN(c2ccccc2)[C@](C)(C(=O)OC)C1. The van der Waals surface area contributed by atoms with Crippen LogP contribution in [0.4, 0.5) is 5.69 Å². The molecule has 0 aliphatic carbocycles. The average molecular weight is 290 g/mol. The summed E-state index contributed by atoms with van der Waals surface area (Å²) >= 11 is 0. The van der Waals surface area contributed by atoms with Gasteiger partial charge < -0.3 is 9.47 Å². The fraction of sp³-hybridized carbons (Fsp3) is 0.400. The van der Waals surface area contributed by atoms with Crippen molar-refractivity contribution in [1.82, 2.24) is 0 Å². The zero-order valence-electron chi connectivity index (χ0n) is 12.3. The summed E-state index contributed by atoms with van der Waals surface area (Å²) in [5.41, 5.74) is -0.128. The van der Waals surface area contributed by atoms with E-state index in [0.717, 1.165) is 0 Å². The Balaban J connectivity index is 2.39. The van der Waals surface area contributed by atoms with Gasteiger partial charge in [0, 0.05) is 6.42 Å². The quantitative estimate of drug-likeness (QED) is 0.790. The summed E-state index contributed by atoms with van der Waals surface area (Å²) in [4.78, 5) is 24.0. The van der Waals surface area contributed by atoms with Gasteiger partial charge in [-0.05, 0) is 26.0 Å². The summed E-state index contributed by atoms with van der Waals surface area (Å²) in [6, 6.07) is 9.18. The van der Waals surface area contributed by atoms with E-state index in [0.29, 0.717) is 5.69 Å². The molecule has 21 heavy (non-hydrogen) atoms. The van der Waals surface area contributed by atoms with Gasteiger partial charge in [0.25, 0.3) is 0 Å². The van der Waals surface area contributed by atoms with Crippen molar-refractivity contribution in [3.8, 4) is 0 Å². The van der Waals surface area contributed by atoms with Gasteiger partial charge in [0.15, 0.2) is 5.54 Å². The van der Waals surface area contributed by atoms with Gasteiger partial charge in [-0.2, -0.15) is 5.10 Å². The lowest BCUT2D eigenvalue weighted by atomic mass is 9.95. The maximum Gasteiger partial charge on any atom is 0.354 e. The summed E-state index contributed by atoms with van der Waals surface area (Å²) in [6.07, 6.45) is 0.146. The molecular weight excluding hydrogens is 272 g/mol. The van der Waals surface area contributed by atoms with E-state index in [4.69, 9.17) is 9.47 Å². The summed E-state index contributed by atoms with van der Waals surface area (Å²) in [5, 5.41) is 5.79. The number of para-hydroxylation sites is 1. The van der Waals surface area contributed by atoms with Gasteiger partial charge in [-0.25, -0.2) is 14.6 Å². The highest BCUT2D eigenvalue weighted by atomic mass is 16.5. The molecule has 0 saturated carbocycles. The predicted molar refractivity (Wildman–Crippen MR) is 78.0 cm³/mol. The van der Waals surface area contributed by atoms with Crippen molar-refractivity contribution < 1.29 is 19.1 Å². The van der Waals surface area contributed by atoms with Crippen molar-refractivity contribution >= 4 is 23.3 Å². The molecule has 112 valence electrons. The summed E-state index contributed by atoms with van der Waals surface area (Å²) < 4.78 is 9.84. The number of ether oxygens (including phenoxy) is 2. The molecule has 1 heterocycles. The van der Waals surface area contributed by atoms with Gasteiger partial charge in [-0.3, -0.25) is 0 Å². The highest BCUT2D eigenvalue weighted by Gasteiger charge is 2.48. The summed E-state index contributed by atoms with van der Waals surface area (Å²) in [5.74, 6) is -0.958. The Morgan fingerprint density at radius 3 is 2.57 bits per heavy atom. The molecule has 0 amide bonds. The van der Waals surface area contributed by atoms with Crippen molar-refractivity contribution in [3.63, 3.8) is 0 Å². The molecule has 0 radical (unpaired) electrons. The van der Waals surface area contributed by atoms with Crippen LogP contribution in [-0.2, 0) is 19.1 Å². The van der Waals surface area contributed by atoms with E-state index in [1.807, 2.05) is 30.3 Å². The molecule has 1 aliphatic heterocycles. The van der Waals surface area contributed by atoms with Crippen molar-refractivity contribution in [2.45, 2.75) is 25.8 Å². The van der Waals surface area contributed by atoms with Crippen LogP contribution in [0.1, 0.15) is 20.3 Å². The van der Waals surface area contributed by atoms with Crippen molar-refractivity contribution in [2.24, 2.45) is 5.10 Å². The molecule has 0 N–H and O–H groups in total. The van der Waals surface area contributed by atoms with E-state index in [9.17, 15) is 9.59 Å². The third-order valence-corrected chi connectivity index (χ3v) is 3.34. The van der Waals surface area contributed by atoms with Crippen molar-refractivity contribution in [2.75, 3.05) is 18.7 Å². The molecule has 0 spiro atoms. The van der Waals surface area contributed by atoms with Crippen LogP contribution in [0.2, 0.25) is 0 Å². The van der Waals surface area contributed by atoms with Crippen LogP contribution in [0.25, 0.3) is 0 Å². The lowest BCUT2D eigenvalue weighted by molar-refractivity contribution is -0.146. The fourth-order valence-corrected chi connectivity index (χ4v) is 2.29. The van der Waals surface area contributed by atoms with Crippen LogP contribution in [0.15, 0.2) is 35.4 Å². The van der Waals surface area contributed by atoms with Gasteiger partial charge in [-0.1, -0.05) is 18.2 Å². The van der Waals surface area contributed by atoms with Crippen LogP contribution in [0, 0.1) is 0 Å². The molecule has 2 rings (SSSR count). The number of rotatable bonds is 4. The van der Waals surface area contributed by atoms with Gasteiger partial charge >= 0.3 is 11.9 Å². The van der Waals surface area contributed by atoms with Crippen molar-refractivity contribution in [3.05, 3.63) is 30.3 Å². The lowest BCUT2D eigenvalue weighted by Gasteiger charge is -2.31. The Bertz CT molecular complexity index is 570. The Kier molecular flexibility index (Phi) is 4.26. The first-order chi connectivity index (χ1) is 10.0. The van der Waals surface area contributed by atoms with Gasteiger partial charge in [0.1, 0.15) is 5.71 Å². The Hall–Kier alpha value is -2.37. The molecule has 1 aromatic carbocycles. The number of nitrogens with zero attached hydrogens (tertiary/aromatic N) is 2. The largest absolute Gasteiger partial charge is 0.467 e. The Labute approximate surface area is 123 Å². The molecule has 6 nitrogen and oxygen atoms in total. The lowest BCUT2D eigenvalue weighted by Crippen LogP contribution is -2.48. The number of anilines is 1. The topological polar surface area (TPSA) is 68.2 Å². The molecule has 1 aromatic rings. The number of hydrogen-bond donors (Lipinski definition) is 0. The standard InChI is InChI=1S/C15H18N2O4/c1-4-21-13(18)12-10-15(2,14(19)20-3)17(16-12)11-8-6-5-7-9-11/h5-9H,4,10H2,1-3H3/t15-/m0/s1. The molecule has 0 aromatic heterocycles. The average Bonchev–Trinajstić information content (AvgIpc) is 2.87. The number of carbonyl (C=O) groups is 2. The van der Waals surface area contributed by atoms with Crippen LogP contribution in [-0.4, -0.2) is 36.9 Å². The molecule has 1 aliphatic rings. The second-order valence-electron chi connectivity index (χ2n) is 4.86. The highest BCUT2D eigenvalue weighted by molar-refractivity contribution is 6.38. The van der Waals surface area contributed by atoms with Crippen LogP contribution in [0.5, 0.6) is 0 Å². The summed E-state index contributed by atoms with van der Waals surface area (Å²) in [6.45, 7) is 3.68. The normalized spacial score (nSPS) is 20.9. The third kappa shape index (κ3) is 2.74. The predicted octanol–water partition coefficient (Wildman–Crippen LogP) is 1.75. The Morgan fingerprint density at radius 2 is 2.00 bits per heavy atom. The number of methoxy groups -OCH3 is 1. The minimum absolute atomic E-state index is 0.146. The fourth-order valence-electron chi connectivity index (χ4n) is 2.29. The molecule has 0 fully saturated rings. The number of carbonyl (C=O) groups excluding carboxylic acids is 2. The minimum Gasteiger partial charge on any atom is -0.467 e. The minimum atomic E-state index is -1.06. The first-order valence-electron chi connectivity index (χ1n) is 6.71. The van der Waals surface area contributed by atoms with Crippen LogP contribution in [0.3, 0.4) is 0 Å². The van der Waals surface area contributed by atoms with E-state index in [1.54, 1.807) is 13.8 Å². The third-order valence-electron chi connectivity index (χ3n) is 3.34. The smallest absolute Gasteiger partial charge is 0.354 e. The molecule has 6 heteroatoms. The van der Waals surface area contributed by atoms with Crippen molar-refractivity contribution in [1.29, 1.82) is 0 Å².